The molecule has 0 spiro atoms. The van der Waals surface area contributed by atoms with Gasteiger partial charge in [-0.3, -0.25) is 24.0 Å². The van der Waals surface area contributed by atoms with E-state index < -0.39 is 73.4 Å². The molecule has 0 saturated carbocycles. The molecule has 3 rings (SSSR count). The largest absolute Gasteiger partial charge is 0.552 e. The molecule has 0 unspecified atom stereocenters. The van der Waals surface area contributed by atoms with Crippen LogP contribution < -0.4 is 10.6 Å². The van der Waals surface area contributed by atoms with Crippen LogP contribution in [-0.4, -0.2) is 82.8 Å². The van der Waals surface area contributed by atoms with Gasteiger partial charge in [0, 0.05) is 5.56 Å². The van der Waals surface area contributed by atoms with E-state index in [9.17, 15) is 34.2 Å². The van der Waals surface area contributed by atoms with Gasteiger partial charge >= 0.3 is 25.0 Å². The average Bonchev–Trinajstić information content (AvgIpc) is 3.25. The van der Waals surface area contributed by atoms with E-state index >= 15 is 0 Å². The van der Waals surface area contributed by atoms with Gasteiger partial charge in [-0.15, -0.1) is 0 Å². The Kier molecular flexibility index (Phi) is 10.8. The van der Waals surface area contributed by atoms with Crippen molar-refractivity contribution in [1.29, 1.82) is 0 Å². The van der Waals surface area contributed by atoms with Crippen molar-refractivity contribution in [1.82, 2.24) is 15.6 Å². The van der Waals surface area contributed by atoms with Crippen LogP contribution in [0.3, 0.4) is 0 Å². The summed E-state index contributed by atoms with van der Waals surface area (Å²) >= 11 is 0. The number of aliphatic carboxylic acids is 1. The van der Waals surface area contributed by atoms with Gasteiger partial charge in [0.2, 0.25) is 5.91 Å². The lowest BCUT2D eigenvalue weighted by atomic mass is 9.73. The van der Waals surface area contributed by atoms with Crippen molar-refractivity contribution < 1.29 is 48.2 Å². The fourth-order valence-electron chi connectivity index (χ4n) is 4.48. The predicted octanol–water partition coefficient (Wildman–Crippen LogP) is 1.14. The van der Waals surface area contributed by atoms with Crippen LogP contribution in [0.1, 0.15) is 50.5 Å². The summed E-state index contributed by atoms with van der Waals surface area (Å²) in [6.07, 6.45) is -2.73. The van der Waals surface area contributed by atoms with E-state index in [4.69, 9.17) is 9.31 Å². The molecule has 0 radical (unpaired) electrons. The van der Waals surface area contributed by atoms with Crippen LogP contribution in [0.25, 0.3) is 11.3 Å². The number of carboxylic acid groups (broad SMARTS) is 1. The molecule has 224 valence electrons. The van der Waals surface area contributed by atoms with Crippen molar-refractivity contribution in [3.63, 3.8) is 0 Å². The second-order valence-corrected chi connectivity index (χ2v) is 10.4. The summed E-state index contributed by atoms with van der Waals surface area (Å²) in [5, 5.41) is 24.9. The molecule has 2 amide bonds. The number of esters is 1. The minimum atomic E-state index is -2.16. The Balaban J connectivity index is 1.80. The molecule has 4 N–H and O–H groups in total. The molecule has 1 aliphatic heterocycles. The number of aliphatic hydroxyl groups is 1. The number of ether oxygens (including phenoxy) is 1. The highest BCUT2D eigenvalue weighted by molar-refractivity contribution is 6.51. The molecule has 13 nitrogen and oxygen atoms in total. The molecule has 4 atom stereocenters. The standard InChI is InChI=1S/C28H34BN3O10/c1-16(2)13-21(29-41-27(39)28(42-29,14-22(34)35)15-23(36)40-4)31-26(38)24(17(3)33)32-25(37)20-12-8-11-19(30-20)18-9-6-5-7-10-18/h5-12,16-17,21,24,33H,13-15H2,1-4H3,(H,31,38)(H,32,37)(H,34,35)/t17-,21+,24+,28+/m1/s1. The minimum absolute atomic E-state index is 0.0165. The van der Waals surface area contributed by atoms with Crippen LogP contribution in [0, 0.1) is 5.92 Å². The molecule has 1 fully saturated rings. The van der Waals surface area contributed by atoms with Crippen molar-refractivity contribution in [2.24, 2.45) is 5.92 Å². The highest BCUT2D eigenvalue weighted by Crippen LogP contribution is 2.33. The summed E-state index contributed by atoms with van der Waals surface area (Å²) in [7, 11) is -0.378. The summed E-state index contributed by atoms with van der Waals surface area (Å²) in [6, 6.07) is 12.6. The zero-order valence-electron chi connectivity index (χ0n) is 23.7. The van der Waals surface area contributed by atoms with Gasteiger partial charge < -0.3 is 34.9 Å². The van der Waals surface area contributed by atoms with E-state index in [2.05, 4.69) is 20.4 Å². The van der Waals surface area contributed by atoms with E-state index in [1.54, 1.807) is 12.1 Å². The van der Waals surface area contributed by atoms with Crippen LogP contribution in [0.4, 0.5) is 0 Å². The number of nitrogens with one attached hydrogen (secondary N) is 2. The number of aromatic nitrogens is 1. The van der Waals surface area contributed by atoms with Crippen LogP contribution in [0.2, 0.25) is 0 Å². The number of benzene rings is 1. The monoisotopic (exact) mass is 583 g/mol. The van der Waals surface area contributed by atoms with Crippen LogP contribution in [0.15, 0.2) is 48.5 Å². The molecule has 2 aromatic rings. The highest BCUT2D eigenvalue weighted by atomic mass is 16.7. The van der Waals surface area contributed by atoms with Crippen LogP contribution in [-0.2, 0) is 33.2 Å². The first-order valence-corrected chi connectivity index (χ1v) is 13.3. The lowest BCUT2D eigenvalue weighted by molar-refractivity contribution is -0.159. The minimum Gasteiger partial charge on any atom is -0.506 e. The molecule has 42 heavy (non-hydrogen) atoms. The number of methoxy groups -OCH3 is 1. The van der Waals surface area contributed by atoms with Crippen molar-refractivity contribution in [2.75, 3.05) is 7.11 Å². The Morgan fingerprint density at radius 2 is 1.71 bits per heavy atom. The Bertz CT molecular complexity index is 1310. The van der Waals surface area contributed by atoms with Gasteiger partial charge in [0.15, 0.2) is 5.60 Å². The molecule has 1 aromatic heterocycles. The summed E-state index contributed by atoms with van der Waals surface area (Å²) in [5.74, 6) is -6.01. The number of carbonyl (C=O) groups excluding carboxylic acids is 4. The van der Waals surface area contributed by atoms with Gasteiger partial charge in [0.1, 0.15) is 11.7 Å². The Labute approximate surface area is 243 Å². The lowest BCUT2D eigenvalue weighted by Crippen LogP contribution is -2.58. The van der Waals surface area contributed by atoms with Gasteiger partial charge in [-0.1, -0.05) is 50.2 Å². The van der Waals surface area contributed by atoms with Crippen molar-refractivity contribution in [2.45, 2.75) is 63.7 Å². The maximum absolute atomic E-state index is 13.4. The highest BCUT2D eigenvalue weighted by Gasteiger charge is 2.58. The van der Waals surface area contributed by atoms with Crippen molar-refractivity contribution >= 4 is 36.8 Å². The third-order valence-electron chi connectivity index (χ3n) is 6.52. The Morgan fingerprint density at radius 3 is 2.31 bits per heavy atom. The second-order valence-electron chi connectivity index (χ2n) is 10.4. The molecule has 1 aliphatic rings. The van der Waals surface area contributed by atoms with Crippen LogP contribution >= 0.6 is 0 Å². The molecule has 0 aliphatic carbocycles. The number of carbonyl (C=O) groups is 5. The van der Waals surface area contributed by atoms with Gasteiger partial charge in [-0.2, -0.15) is 0 Å². The van der Waals surface area contributed by atoms with Gasteiger partial charge in [0.05, 0.1) is 37.7 Å². The van der Waals surface area contributed by atoms with Crippen LogP contribution in [0.5, 0.6) is 0 Å². The molecule has 1 saturated heterocycles. The molecule has 14 heteroatoms. The first-order valence-electron chi connectivity index (χ1n) is 13.3. The Morgan fingerprint density at radius 1 is 1.02 bits per heavy atom. The molecule has 2 heterocycles. The van der Waals surface area contributed by atoms with Crippen molar-refractivity contribution in [3.05, 3.63) is 54.2 Å². The smallest absolute Gasteiger partial charge is 0.506 e. The molecular formula is C28H34BN3O10. The van der Waals surface area contributed by atoms with Gasteiger partial charge in [-0.05, 0) is 31.4 Å². The number of amides is 2. The van der Waals surface area contributed by atoms with Crippen molar-refractivity contribution in [3.8, 4) is 11.3 Å². The maximum atomic E-state index is 13.4. The van der Waals surface area contributed by atoms with E-state index in [0.29, 0.717) is 5.69 Å². The second kappa shape index (κ2) is 14.1. The first kappa shape index (κ1) is 32.2. The number of hydrogen-bond donors (Lipinski definition) is 4. The number of rotatable bonds is 13. The van der Waals surface area contributed by atoms with E-state index in [0.717, 1.165) is 12.7 Å². The SMILES string of the molecule is COC(=O)C[C@]1(CC(=O)O)OB([C@H](CC(C)C)NC(=O)[C@@H](NC(=O)c2cccc(-c3ccccc3)n2)[C@@H](C)O)OC1=O. The number of aliphatic hydroxyl groups excluding tert-OH is 1. The van der Waals surface area contributed by atoms with E-state index in [1.807, 2.05) is 44.2 Å². The van der Waals surface area contributed by atoms with Gasteiger partial charge in [0.25, 0.3) is 5.91 Å². The zero-order chi connectivity index (χ0) is 31.0. The average molecular weight is 583 g/mol. The summed E-state index contributed by atoms with van der Waals surface area (Å²) < 4.78 is 15.6. The number of carboxylic acids is 1. The summed E-state index contributed by atoms with van der Waals surface area (Å²) in [5.41, 5.74) is -0.819. The normalized spacial score (nSPS) is 18.5. The van der Waals surface area contributed by atoms with E-state index in [1.165, 1.54) is 13.0 Å². The Hall–Kier alpha value is -4.30. The lowest BCUT2D eigenvalue weighted by Gasteiger charge is -2.27. The quantitative estimate of drug-likeness (QED) is 0.195. The van der Waals surface area contributed by atoms with E-state index in [-0.39, 0.29) is 18.0 Å². The first-order chi connectivity index (χ1) is 19.8. The number of pyridine rings is 1. The third-order valence-corrected chi connectivity index (χ3v) is 6.52. The third kappa shape index (κ3) is 8.14. The summed E-state index contributed by atoms with van der Waals surface area (Å²) in [6.45, 7) is 4.97. The van der Waals surface area contributed by atoms with Gasteiger partial charge in [-0.25, -0.2) is 4.98 Å². The fraction of sp³-hybridized carbons (Fsp3) is 0.429. The molecule has 0 bridgehead atoms. The number of hydrogen-bond acceptors (Lipinski definition) is 10. The topological polar surface area (TPSA) is 190 Å². The molecule has 1 aromatic carbocycles. The summed E-state index contributed by atoms with van der Waals surface area (Å²) in [4.78, 5) is 67.1. The molecular weight excluding hydrogens is 549 g/mol. The predicted molar refractivity (Wildman–Crippen MR) is 149 cm³/mol. The number of nitrogens with zero attached hydrogens (tertiary/aromatic N) is 1. The fourth-order valence-corrected chi connectivity index (χ4v) is 4.48. The zero-order valence-corrected chi connectivity index (χ0v) is 23.7. The maximum Gasteiger partial charge on any atom is 0.552 e.